The van der Waals surface area contributed by atoms with Crippen molar-refractivity contribution < 1.29 is 79.5 Å². The second kappa shape index (κ2) is 13.6. The summed E-state index contributed by atoms with van der Waals surface area (Å²) in [6.45, 7) is -2.00. The van der Waals surface area contributed by atoms with Crippen LogP contribution in [0.4, 0.5) is 0 Å². The molecular weight excluding hydrogens is 544 g/mol. The van der Waals surface area contributed by atoms with Crippen molar-refractivity contribution in [2.45, 2.75) is 92.6 Å². The summed E-state index contributed by atoms with van der Waals surface area (Å²) in [7, 11) is 0. The molecular formula is C24H36O16. The van der Waals surface area contributed by atoms with E-state index in [1.807, 2.05) is 0 Å². The maximum Gasteiger partial charge on any atom is 0.229 e. The smallest absolute Gasteiger partial charge is 0.229 e. The van der Waals surface area contributed by atoms with Crippen molar-refractivity contribution in [2.24, 2.45) is 0 Å². The lowest BCUT2D eigenvalue weighted by Gasteiger charge is -2.46. The summed E-state index contributed by atoms with van der Waals surface area (Å²) in [5.41, 5.74) is 0.331. The van der Waals surface area contributed by atoms with Gasteiger partial charge >= 0.3 is 0 Å². The molecule has 0 aromatic heterocycles. The first kappa shape index (κ1) is 31.4. The molecule has 14 atom stereocenters. The van der Waals surface area contributed by atoms with Gasteiger partial charge in [-0.15, -0.1) is 0 Å². The van der Waals surface area contributed by atoms with Crippen molar-refractivity contribution in [1.29, 1.82) is 0 Å². The van der Waals surface area contributed by atoms with E-state index in [1.54, 1.807) is 18.2 Å². The Balaban J connectivity index is 1.53. The number of aliphatic hydroxyl groups excluding tert-OH is 10. The molecule has 0 bridgehead atoms. The lowest BCUT2D eigenvalue weighted by atomic mass is 9.97. The summed E-state index contributed by atoms with van der Waals surface area (Å²) < 4.78 is 33.4. The number of hydrogen-bond donors (Lipinski definition) is 10. The summed E-state index contributed by atoms with van der Waals surface area (Å²) in [4.78, 5) is 0. The number of aliphatic hydroxyl groups is 10. The molecule has 16 heteroatoms. The Morgan fingerprint density at radius 1 is 0.700 bits per heavy atom. The van der Waals surface area contributed by atoms with Gasteiger partial charge in [0.25, 0.3) is 0 Å². The zero-order valence-corrected chi connectivity index (χ0v) is 21.1. The van der Waals surface area contributed by atoms with E-state index < -0.39 is 106 Å². The summed E-state index contributed by atoms with van der Waals surface area (Å²) >= 11 is 0. The number of para-hydroxylation sites is 1. The van der Waals surface area contributed by atoms with Gasteiger partial charge in [-0.2, -0.15) is 0 Å². The van der Waals surface area contributed by atoms with E-state index in [0.717, 1.165) is 0 Å². The Morgan fingerprint density at radius 3 is 2.05 bits per heavy atom. The Morgan fingerprint density at radius 2 is 1.35 bits per heavy atom. The molecule has 0 spiro atoms. The first-order valence-corrected chi connectivity index (χ1v) is 12.7. The Labute approximate surface area is 228 Å². The third kappa shape index (κ3) is 6.57. The van der Waals surface area contributed by atoms with Crippen LogP contribution in [0.2, 0.25) is 0 Å². The second-order valence-corrected chi connectivity index (χ2v) is 9.79. The monoisotopic (exact) mass is 580 g/mol. The van der Waals surface area contributed by atoms with E-state index in [9.17, 15) is 51.1 Å². The fourth-order valence-corrected chi connectivity index (χ4v) is 4.61. The molecule has 0 saturated carbocycles. The molecule has 3 aliphatic heterocycles. The molecule has 0 unspecified atom stereocenters. The highest BCUT2D eigenvalue weighted by molar-refractivity contribution is 5.32. The summed E-state index contributed by atoms with van der Waals surface area (Å²) in [6.07, 6.45) is -22.2. The van der Waals surface area contributed by atoms with Crippen LogP contribution in [0.25, 0.3) is 0 Å². The number of benzene rings is 1. The van der Waals surface area contributed by atoms with E-state index in [0.29, 0.717) is 5.56 Å². The predicted octanol–water partition coefficient (Wildman–Crippen LogP) is -5.35. The van der Waals surface area contributed by atoms with Gasteiger partial charge in [-0.3, -0.25) is 0 Å². The fourth-order valence-electron chi connectivity index (χ4n) is 4.61. The van der Waals surface area contributed by atoms with E-state index in [2.05, 4.69) is 0 Å². The van der Waals surface area contributed by atoms with E-state index in [4.69, 9.17) is 28.4 Å². The van der Waals surface area contributed by atoms with Crippen molar-refractivity contribution in [2.75, 3.05) is 19.8 Å². The average molecular weight is 581 g/mol. The molecule has 4 rings (SSSR count). The number of hydrogen-bond acceptors (Lipinski definition) is 16. The van der Waals surface area contributed by atoms with Gasteiger partial charge in [0, 0.05) is 5.56 Å². The molecule has 0 radical (unpaired) electrons. The van der Waals surface area contributed by atoms with Crippen LogP contribution >= 0.6 is 0 Å². The van der Waals surface area contributed by atoms with Crippen LogP contribution in [0.15, 0.2) is 24.3 Å². The van der Waals surface area contributed by atoms with Gasteiger partial charge in [0.2, 0.25) is 6.29 Å². The summed E-state index contributed by atoms with van der Waals surface area (Å²) in [5.74, 6) is 0.115. The summed E-state index contributed by atoms with van der Waals surface area (Å²) in [6, 6.07) is 6.27. The minimum absolute atomic E-state index is 0.115. The molecule has 3 aliphatic rings. The van der Waals surface area contributed by atoms with Crippen LogP contribution in [0.1, 0.15) is 5.56 Å². The van der Waals surface area contributed by atoms with Crippen LogP contribution in [0.5, 0.6) is 5.75 Å². The summed E-state index contributed by atoms with van der Waals surface area (Å²) in [5, 5.41) is 101. The maximum atomic E-state index is 11.0. The molecule has 1 aromatic carbocycles. The third-order valence-electron chi connectivity index (χ3n) is 7.05. The van der Waals surface area contributed by atoms with Crippen LogP contribution in [0, 0.1) is 0 Å². The first-order chi connectivity index (χ1) is 19.1. The fraction of sp³-hybridized carbons (Fsp3) is 0.750. The van der Waals surface area contributed by atoms with Gasteiger partial charge in [-0.1, -0.05) is 18.2 Å². The molecule has 40 heavy (non-hydrogen) atoms. The zero-order valence-electron chi connectivity index (χ0n) is 21.1. The Bertz CT molecular complexity index is 936. The highest BCUT2D eigenvalue weighted by Crippen LogP contribution is 2.32. The van der Waals surface area contributed by atoms with Crippen LogP contribution in [-0.4, -0.2) is 157 Å². The van der Waals surface area contributed by atoms with Crippen molar-refractivity contribution in [3.63, 3.8) is 0 Å². The Kier molecular flexibility index (Phi) is 10.7. The van der Waals surface area contributed by atoms with Crippen LogP contribution < -0.4 is 4.74 Å². The van der Waals surface area contributed by atoms with Gasteiger partial charge in [0.05, 0.1) is 26.4 Å². The van der Waals surface area contributed by atoms with E-state index in [1.165, 1.54) is 6.07 Å². The van der Waals surface area contributed by atoms with Crippen LogP contribution in [0.3, 0.4) is 0 Å². The molecule has 3 saturated heterocycles. The maximum absolute atomic E-state index is 11.0. The molecule has 16 nitrogen and oxygen atoms in total. The van der Waals surface area contributed by atoms with E-state index in [-0.39, 0.29) is 12.4 Å². The van der Waals surface area contributed by atoms with Crippen molar-refractivity contribution >= 4 is 0 Å². The predicted molar refractivity (Wildman–Crippen MR) is 126 cm³/mol. The molecule has 228 valence electrons. The molecule has 0 aliphatic carbocycles. The van der Waals surface area contributed by atoms with Crippen molar-refractivity contribution in [1.82, 2.24) is 0 Å². The minimum atomic E-state index is -1.83. The minimum Gasteiger partial charge on any atom is -0.462 e. The standard InChI is InChI=1S/C24H36O16/c25-5-9-3-1-2-4-11(9)37-24-21(40-23-20(34)17(31)15(29)12(6-26)38-23)18(32)16(30)13(39-24)8-36-22-19(33)14(28)10(27)7-35-22/h1-4,10,12-34H,5-8H2/t10-,12-,13-,14+,15+,16-,17-,18+,19-,20-,21-,22+,23-,24+/m1/s1. The Hall–Kier alpha value is -1.58. The molecule has 10 N–H and O–H groups in total. The van der Waals surface area contributed by atoms with Crippen molar-refractivity contribution in [3.8, 4) is 5.75 Å². The van der Waals surface area contributed by atoms with Gasteiger partial charge in [0.1, 0.15) is 66.8 Å². The zero-order chi connectivity index (χ0) is 29.1. The molecule has 1 aromatic rings. The topological polar surface area (TPSA) is 258 Å². The van der Waals surface area contributed by atoms with Gasteiger partial charge in [0.15, 0.2) is 18.7 Å². The SMILES string of the molecule is OCc1ccccc1O[C@H]1O[C@H](CO[C@@H]2OC[C@@H](O)[C@H](O)[C@H]2O)[C@@H](O)[C@H](O)[C@H]1O[C@H]1O[C@H](CO)[C@H](O)[C@@H](O)[C@H]1O. The van der Waals surface area contributed by atoms with Gasteiger partial charge in [-0.25, -0.2) is 0 Å². The second-order valence-electron chi connectivity index (χ2n) is 9.79. The third-order valence-corrected chi connectivity index (χ3v) is 7.05. The molecule has 3 fully saturated rings. The number of rotatable bonds is 9. The normalized spacial score (nSPS) is 44.4. The lowest BCUT2D eigenvalue weighted by Crippen LogP contribution is -2.65. The highest BCUT2D eigenvalue weighted by Gasteiger charge is 2.52. The highest BCUT2D eigenvalue weighted by atomic mass is 16.8. The van der Waals surface area contributed by atoms with Crippen LogP contribution in [-0.2, 0) is 30.3 Å². The van der Waals surface area contributed by atoms with E-state index >= 15 is 0 Å². The first-order valence-electron chi connectivity index (χ1n) is 12.7. The van der Waals surface area contributed by atoms with Crippen molar-refractivity contribution in [3.05, 3.63) is 29.8 Å². The largest absolute Gasteiger partial charge is 0.462 e. The van der Waals surface area contributed by atoms with Gasteiger partial charge in [-0.05, 0) is 6.07 Å². The average Bonchev–Trinajstić information content (AvgIpc) is 2.95. The quantitative estimate of drug-likeness (QED) is 0.131. The molecule has 3 heterocycles. The van der Waals surface area contributed by atoms with Gasteiger partial charge < -0.3 is 79.5 Å². The molecule has 0 amide bonds. The number of ether oxygens (including phenoxy) is 6. The lowest BCUT2D eigenvalue weighted by molar-refractivity contribution is -0.361.